The van der Waals surface area contributed by atoms with Gasteiger partial charge in [-0.15, -0.1) is 0 Å². The van der Waals surface area contributed by atoms with Crippen LogP contribution < -0.4 is 5.32 Å². The van der Waals surface area contributed by atoms with Crippen molar-refractivity contribution in [3.8, 4) is 0 Å². The van der Waals surface area contributed by atoms with Crippen LogP contribution in [0.4, 0.5) is 0 Å². The molecule has 2 amide bonds. The second kappa shape index (κ2) is 10.8. The number of hydrogen-bond donors (Lipinski definition) is 1. The van der Waals surface area contributed by atoms with Gasteiger partial charge in [0.2, 0.25) is 11.8 Å². The van der Waals surface area contributed by atoms with Gasteiger partial charge in [-0.25, -0.2) is 0 Å². The van der Waals surface area contributed by atoms with Crippen LogP contribution in [0.5, 0.6) is 0 Å². The third-order valence-corrected chi connectivity index (χ3v) is 6.38. The molecule has 1 aliphatic carbocycles. The van der Waals surface area contributed by atoms with E-state index in [1.807, 2.05) is 37.3 Å². The molecule has 160 valence electrons. The fourth-order valence-corrected chi connectivity index (χ4v) is 4.53. The molecule has 0 aliphatic heterocycles. The summed E-state index contributed by atoms with van der Waals surface area (Å²) in [5.74, 6) is -0.223. The lowest BCUT2D eigenvalue weighted by Crippen LogP contribution is -2.51. The van der Waals surface area contributed by atoms with E-state index in [0.717, 1.165) is 31.2 Å². The summed E-state index contributed by atoms with van der Waals surface area (Å²) in [6.07, 6.45) is 4.99. The molecule has 0 heterocycles. The monoisotopic (exact) mass is 446 g/mol. The summed E-state index contributed by atoms with van der Waals surface area (Å²) in [6, 6.07) is 14.5. The molecule has 2 aromatic carbocycles. The molecular weight excluding hydrogens is 419 g/mol. The quantitative estimate of drug-likeness (QED) is 0.589. The van der Waals surface area contributed by atoms with Gasteiger partial charge in [0.1, 0.15) is 6.04 Å². The van der Waals surface area contributed by atoms with E-state index in [1.54, 1.807) is 23.1 Å². The Balaban J connectivity index is 1.86. The zero-order valence-electron chi connectivity index (χ0n) is 17.2. The van der Waals surface area contributed by atoms with Crippen LogP contribution in [0, 0.1) is 0 Å². The van der Waals surface area contributed by atoms with Crippen molar-refractivity contribution in [2.45, 2.75) is 64.1 Å². The van der Waals surface area contributed by atoms with E-state index in [1.165, 1.54) is 0 Å². The highest BCUT2D eigenvalue weighted by atomic mass is 35.5. The first-order valence-electron chi connectivity index (χ1n) is 10.6. The number of rotatable bonds is 8. The Bertz CT molecular complexity index is 847. The van der Waals surface area contributed by atoms with Crippen LogP contribution in [0.3, 0.4) is 0 Å². The summed E-state index contributed by atoms with van der Waals surface area (Å²) >= 11 is 12.8. The molecule has 0 aromatic heterocycles. The molecule has 4 nitrogen and oxygen atoms in total. The number of hydrogen-bond acceptors (Lipinski definition) is 2. The number of halogens is 2. The first-order chi connectivity index (χ1) is 14.5. The molecule has 1 aliphatic rings. The second-order valence-electron chi connectivity index (χ2n) is 7.80. The molecule has 0 saturated heterocycles. The Morgan fingerprint density at radius 2 is 1.67 bits per heavy atom. The van der Waals surface area contributed by atoms with E-state index in [9.17, 15) is 9.59 Å². The highest BCUT2D eigenvalue weighted by Gasteiger charge is 2.31. The average Bonchev–Trinajstić information content (AvgIpc) is 3.23. The molecule has 0 unspecified atom stereocenters. The minimum atomic E-state index is -0.575. The first-order valence-corrected chi connectivity index (χ1v) is 11.3. The lowest BCUT2D eigenvalue weighted by Gasteiger charge is -2.32. The molecule has 0 radical (unpaired) electrons. The van der Waals surface area contributed by atoms with Gasteiger partial charge in [-0.3, -0.25) is 9.59 Å². The third kappa shape index (κ3) is 5.77. The number of benzene rings is 2. The summed E-state index contributed by atoms with van der Waals surface area (Å²) < 4.78 is 0. The minimum Gasteiger partial charge on any atom is -0.352 e. The molecule has 6 heteroatoms. The molecule has 3 rings (SSSR count). The molecule has 0 bridgehead atoms. The molecule has 30 heavy (non-hydrogen) atoms. The van der Waals surface area contributed by atoms with Crippen LogP contribution in [0.1, 0.15) is 50.2 Å². The van der Waals surface area contributed by atoms with Crippen molar-refractivity contribution in [1.29, 1.82) is 0 Å². The van der Waals surface area contributed by atoms with Gasteiger partial charge in [0, 0.05) is 28.2 Å². The lowest BCUT2D eigenvalue weighted by atomic mass is 10.1. The van der Waals surface area contributed by atoms with E-state index < -0.39 is 6.04 Å². The van der Waals surface area contributed by atoms with Crippen LogP contribution in [0.15, 0.2) is 48.5 Å². The number of nitrogens with one attached hydrogen (secondary N) is 1. The maximum atomic E-state index is 13.3. The van der Waals surface area contributed by atoms with Crippen LogP contribution in [-0.4, -0.2) is 28.8 Å². The summed E-state index contributed by atoms with van der Waals surface area (Å²) in [5, 5.41) is 4.13. The van der Waals surface area contributed by atoms with Gasteiger partial charge >= 0.3 is 0 Å². The van der Waals surface area contributed by atoms with Crippen LogP contribution in [0.2, 0.25) is 10.0 Å². The van der Waals surface area contributed by atoms with Gasteiger partial charge in [0.05, 0.1) is 6.42 Å². The van der Waals surface area contributed by atoms with Gasteiger partial charge in [0.25, 0.3) is 0 Å². The minimum absolute atomic E-state index is 0.103. The highest BCUT2D eigenvalue weighted by molar-refractivity contribution is 6.36. The summed E-state index contributed by atoms with van der Waals surface area (Å²) in [7, 11) is 0. The van der Waals surface area contributed by atoms with Crippen molar-refractivity contribution in [3.63, 3.8) is 0 Å². The Morgan fingerprint density at radius 3 is 2.27 bits per heavy atom. The van der Waals surface area contributed by atoms with Gasteiger partial charge in [-0.2, -0.15) is 0 Å². The largest absolute Gasteiger partial charge is 0.352 e. The second-order valence-corrected chi connectivity index (χ2v) is 8.61. The zero-order valence-corrected chi connectivity index (χ0v) is 18.8. The first kappa shape index (κ1) is 22.6. The van der Waals surface area contributed by atoms with E-state index in [2.05, 4.69) is 5.32 Å². The molecule has 1 atom stereocenters. The molecule has 1 N–H and O–H groups in total. The number of carbonyl (C=O) groups is 2. The van der Waals surface area contributed by atoms with Crippen molar-refractivity contribution in [2.24, 2.45) is 0 Å². The molecule has 1 saturated carbocycles. The number of carbonyl (C=O) groups excluding carboxylic acids is 2. The predicted octanol–water partition coefficient (Wildman–Crippen LogP) is 5.40. The topological polar surface area (TPSA) is 49.4 Å². The SMILES string of the molecule is CC[C@@H](C(=O)NC1CCCC1)N(Cc1c(Cl)cccc1Cl)C(=O)Cc1ccccc1. The zero-order chi connectivity index (χ0) is 21.5. The maximum Gasteiger partial charge on any atom is 0.243 e. The summed E-state index contributed by atoms with van der Waals surface area (Å²) in [5.41, 5.74) is 1.57. The van der Waals surface area contributed by atoms with Crippen molar-refractivity contribution >= 4 is 35.0 Å². The van der Waals surface area contributed by atoms with Gasteiger partial charge in [-0.05, 0) is 37.0 Å². The van der Waals surface area contributed by atoms with Crippen LogP contribution in [-0.2, 0) is 22.6 Å². The van der Waals surface area contributed by atoms with E-state index in [0.29, 0.717) is 22.0 Å². The Morgan fingerprint density at radius 1 is 1.03 bits per heavy atom. The molecule has 1 fully saturated rings. The normalized spacial score (nSPS) is 15.0. The summed E-state index contributed by atoms with van der Waals surface area (Å²) in [6.45, 7) is 2.12. The highest BCUT2D eigenvalue weighted by Crippen LogP contribution is 2.27. The molecule has 0 spiro atoms. The fraction of sp³-hybridized carbons (Fsp3) is 0.417. The maximum absolute atomic E-state index is 13.3. The fourth-order valence-electron chi connectivity index (χ4n) is 4.01. The molecular formula is C24H28Cl2N2O2. The smallest absolute Gasteiger partial charge is 0.243 e. The van der Waals surface area contributed by atoms with Crippen molar-refractivity contribution in [1.82, 2.24) is 10.2 Å². The van der Waals surface area contributed by atoms with Crippen molar-refractivity contribution < 1.29 is 9.59 Å². The Kier molecular flexibility index (Phi) is 8.17. The van der Waals surface area contributed by atoms with Crippen molar-refractivity contribution in [2.75, 3.05) is 0 Å². The lowest BCUT2D eigenvalue weighted by molar-refractivity contribution is -0.141. The number of amides is 2. The van der Waals surface area contributed by atoms with Gasteiger partial charge in [0.15, 0.2) is 0 Å². The van der Waals surface area contributed by atoms with E-state index >= 15 is 0 Å². The third-order valence-electron chi connectivity index (χ3n) is 5.68. The van der Waals surface area contributed by atoms with E-state index in [-0.39, 0.29) is 30.8 Å². The standard InChI is InChI=1S/C24H28Cl2N2O2/c1-2-22(24(30)27-18-11-6-7-12-18)28(16-19-20(25)13-8-14-21(19)26)23(29)15-17-9-4-3-5-10-17/h3-5,8-10,13-14,18,22H,2,6-7,11-12,15-16H2,1H3,(H,27,30)/t22-/m0/s1. The number of nitrogens with zero attached hydrogens (tertiary/aromatic N) is 1. The van der Waals surface area contributed by atoms with Crippen LogP contribution >= 0.6 is 23.2 Å². The average molecular weight is 447 g/mol. The van der Waals surface area contributed by atoms with Gasteiger partial charge in [-0.1, -0.05) is 79.4 Å². The van der Waals surface area contributed by atoms with E-state index in [4.69, 9.17) is 23.2 Å². The Hall–Kier alpha value is -2.04. The molecule has 2 aromatic rings. The van der Waals surface area contributed by atoms with Gasteiger partial charge < -0.3 is 10.2 Å². The Labute approximate surface area is 188 Å². The van der Waals surface area contributed by atoms with Crippen LogP contribution in [0.25, 0.3) is 0 Å². The predicted molar refractivity (Wildman–Crippen MR) is 122 cm³/mol. The van der Waals surface area contributed by atoms with Crippen molar-refractivity contribution in [3.05, 3.63) is 69.7 Å². The summed E-state index contributed by atoms with van der Waals surface area (Å²) in [4.78, 5) is 28.1.